The number of aryl methyl sites for hydroxylation is 2. The average Bonchev–Trinajstić information content (AvgIpc) is 2.70. The van der Waals surface area contributed by atoms with Gasteiger partial charge >= 0.3 is 5.97 Å². The number of aliphatic carboxylic acids is 1. The number of aromatic nitrogens is 3. The van der Waals surface area contributed by atoms with E-state index < -0.39 is 5.97 Å². The Morgan fingerprint density at radius 2 is 2.32 bits per heavy atom. The predicted molar refractivity (Wildman–Crippen MR) is 79.0 cm³/mol. The van der Waals surface area contributed by atoms with Gasteiger partial charge in [-0.3, -0.25) is 4.79 Å². The van der Waals surface area contributed by atoms with Crippen LogP contribution in [0.1, 0.15) is 5.56 Å². The van der Waals surface area contributed by atoms with E-state index >= 15 is 0 Å². The number of carbonyl (C=O) groups is 1. The minimum absolute atomic E-state index is 0.0154. The summed E-state index contributed by atoms with van der Waals surface area (Å²) in [6, 6.07) is 1.97. The van der Waals surface area contributed by atoms with Crippen molar-refractivity contribution in [1.82, 2.24) is 14.5 Å². The SMILES string of the molecule is CSCCn1c(SCC(=O)O)nc2cc(C)cnc21. The van der Waals surface area contributed by atoms with E-state index in [0.29, 0.717) is 0 Å². The molecule has 0 bridgehead atoms. The van der Waals surface area contributed by atoms with Gasteiger partial charge in [-0.2, -0.15) is 11.8 Å². The highest BCUT2D eigenvalue weighted by molar-refractivity contribution is 7.99. The Balaban J connectivity index is 2.38. The van der Waals surface area contributed by atoms with Gasteiger partial charge in [0, 0.05) is 18.5 Å². The summed E-state index contributed by atoms with van der Waals surface area (Å²) in [4.78, 5) is 19.6. The molecule has 0 aliphatic heterocycles. The molecule has 19 heavy (non-hydrogen) atoms. The van der Waals surface area contributed by atoms with Crippen molar-refractivity contribution in [2.75, 3.05) is 17.8 Å². The number of pyridine rings is 1. The maximum atomic E-state index is 10.7. The van der Waals surface area contributed by atoms with Gasteiger partial charge in [0.05, 0.1) is 5.75 Å². The van der Waals surface area contributed by atoms with Crippen molar-refractivity contribution in [1.29, 1.82) is 0 Å². The molecule has 0 fully saturated rings. The molecule has 0 saturated carbocycles. The van der Waals surface area contributed by atoms with E-state index in [0.717, 1.165) is 34.2 Å². The number of hydrogen-bond acceptors (Lipinski definition) is 5. The highest BCUT2D eigenvalue weighted by Gasteiger charge is 2.13. The fraction of sp³-hybridized carbons (Fsp3) is 0.417. The van der Waals surface area contributed by atoms with Crippen LogP contribution in [0.15, 0.2) is 17.4 Å². The van der Waals surface area contributed by atoms with Crippen LogP contribution in [-0.4, -0.2) is 43.4 Å². The molecule has 2 aromatic rings. The third kappa shape index (κ3) is 3.42. The second kappa shape index (κ2) is 6.29. The zero-order chi connectivity index (χ0) is 13.8. The van der Waals surface area contributed by atoms with Crippen molar-refractivity contribution < 1.29 is 9.90 Å². The molecular formula is C12H15N3O2S2. The molecule has 7 heteroatoms. The van der Waals surface area contributed by atoms with Crippen LogP contribution in [0.3, 0.4) is 0 Å². The number of carboxylic acids is 1. The average molecular weight is 297 g/mol. The Labute approximate surface area is 119 Å². The number of thioether (sulfide) groups is 2. The van der Waals surface area contributed by atoms with Gasteiger partial charge in [0.1, 0.15) is 5.52 Å². The van der Waals surface area contributed by atoms with Crippen molar-refractivity contribution in [3.63, 3.8) is 0 Å². The molecule has 2 heterocycles. The minimum atomic E-state index is -0.836. The van der Waals surface area contributed by atoms with E-state index in [9.17, 15) is 4.79 Å². The number of nitrogens with zero attached hydrogens (tertiary/aromatic N) is 3. The number of hydrogen-bond donors (Lipinski definition) is 1. The lowest BCUT2D eigenvalue weighted by Crippen LogP contribution is -2.05. The summed E-state index contributed by atoms with van der Waals surface area (Å²) >= 11 is 2.98. The van der Waals surface area contributed by atoms with Crippen LogP contribution in [0.5, 0.6) is 0 Å². The molecule has 0 saturated heterocycles. The summed E-state index contributed by atoms with van der Waals surface area (Å²) in [6.07, 6.45) is 3.85. The van der Waals surface area contributed by atoms with Crippen LogP contribution in [0.2, 0.25) is 0 Å². The van der Waals surface area contributed by atoms with Crippen molar-refractivity contribution >= 4 is 40.7 Å². The maximum absolute atomic E-state index is 10.7. The van der Waals surface area contributed by atoms with Gasteiger partial charge in [-0.1, -0.05) is 11.8 Å². The number of imidazole rings is 1. The summed E-state index contributed by atoms with van der Waals surface area (Å²) < 4.78 is 2.00. The smallest absolute Gasteiger partial charge is 0.313 e. The minimum Gasteiger partial charge on any atom is -0.481 e. The van der Waals surface area contributed by atoms with Crippen LogP contribution in [0, 0.1) is 6.92 Å². The molecule has 0 radical (unpaired) electrons. The van der Waals surface area contributed by atoms with Crippen molar-refractivity contribution in [3.05, 3.63) is 17.8 Å². The first-order valence-electron chi connectivity index (χ1n) is 5.78. The zero-order valence-corrected chi connectivity index (χ0v) is 12.4. The second-order valence-corrected chi connectivity index (χ2v) is 6.00. The van der Waals surface area contributed by atoms with Gasteiger partial charge in [-0.15, -0.1) is 0 Å². The topological polar surface area (TPSA) is 68.0 Å². The third-order valence-corrected chi connectivity index (χ3v) is 4.08. The molecule has 0 atom stereocenters. The zero-order valence-electron chi connectivity index (χ0n) is 10.8. The first kappa shape index (κ1) is 14.2. The molecular weight excluding hydrogens is 282 g/mol. The standard InChI is InChI=1S/C12H15N3O2S2/c1-8-5-9-11(13-6-8)15(3-4-18-2)12(14-9)19-7-10(16)17/h5-6H,3-4,7H2,1-2H3,(H,16,17). The third-order valence-electron chi connectivity index (χ3n) is 2.53. The molecule has 0 aliphatic rings. The molecule has 1 N–H and O–H groups in total. The Hall–Kier alpha value is -1.21. The lowest BCUT2D eigenvalue weighted by Gasteiger charge is -2.06. The summed E-state index contributed by atoms with van der Waals surface area (Å²) in [5.74, 6) is 0.126. The monoisotopic (exact) mass is 297 g/mol. The van der Waals surface area contributed by atoms with E-state index in [1.165, 1.54) is 11.8 Å². The van der Waals surface area contributed by atoms with Crippen molar-refractivity contribution in [2.24, 2.45) is 0 Å². The summed E-state index contributed by atoms with van der Waals surface area (Å²) in [5.41, 5.74) is 2.71. The Morgan fingerprint density at radius 1 is 1.53 bits per heavy atom. The molecule has 0 spiro atoms. The molecule has 0 aromatic carbocycles. The van der Waals surface area contributed by atoms with Crippen LogP contribution >= 0.6 is 23.5 Å². The molecule has 0 amide bonds. The molecule has 5 nitrogen and oxygen atoms in total. The van der Waals surface area contributed by atoms with Gasteiger partial charge < -0.3 is 9.67 Å². The Kier molecular flexibility index (Phi) is 4.71. The summed E-state index contributed by atoms with van der Waals surface area (Å²) in [5, 5.41) is 9.51. The van der Waals surface area contributed by atoms with E-state index in [1.54, 1.807) is 11.8 Å². The molecule has 0 unspecified atom stereocenters. The first-order valence-corrected chi connectivity index (χ1v) is 8.16. The van der Waals surface area contributed by atoms with E-state index in [1.807, 2.05) is 30.0 Å². The van der Waals surface area contributed by atoms with Gasteiger partial charge in [0.2, 0.25) is 0 Å². The molecule has 2 aromatic heterocycles. The fourth-order valence-corrected chi connectivity index (χ4v) is 2.83. The van der Waals surface area contributed by atoms with Gasteiger partial charge in [-0.25, -0.2) is 9.97 Å². The van der Waals surface area contributed by atoms with E-state index in [-0.39, 0.29) is 5.75 Å². The normalized spacial score (nSPS) is 11.1. The summed E-state index contributed by atoms with van der Waals surface area (Å²) in [7, 11) is 0. The first-order chi connectivity index (χ1) is 9.11. The number of carboxylic acid groups (broad SMARTS) is 1. The predicted octanol–water partition coefficient (Wildman–Crippen LogP) is 2.28. The summed E-state index contributed by atoms with van der Waals surface area (Å²) in [6.45, 7) is 2.76. The largest absolute Gasteiger partial charge is 0.481 e. The van der Waals surface area contributed by atoms with Crippen LogP contribution in [0.4, 0.5) is 0 Å². The van der Waals surface area contributed by atoms with Gasteiger partial charge in [0.25, 0.3) is 0 Å². The highest BCUT2D eigenvalue weighted by Crippen LogP contribution is 2.23. The van der Waals surface area contributed by atoms with Gasteiger partial charge in [0.15, 0.2) is 10.8 Å². The molecule has 2 rings (SSSR count). The molecule has 0 aliphatic carbocycles. The molecule has 102 valence electrons. The fourth-order valence-electron chi connectivity index (χ4n) is 1.71. The Bertz CT molecular complexity index is 598. The van der Waals surface area contributed by atoms with Crippen LogP contribution in [-0.2, 0) is 11.3 Å². The van der Waals surface area contributed by atoms with Gasteiger partial charge in [-0.05, 0) is 24.8 Å². The van der Waals surface area contributed by atoms with E-state index in [2.05, 4.69) is 9.97 Å². The number of rotatable bonds is 6. The van der Waals surface area contributed by atoms with Crippen molar-refractivity contribution in [3.8, 4) is 0 Å². The lowest BCUT2D eigenvalue weighted by molar-refractivity contribution is -0.133. The lowest BCUT2D eigenvalue weighted by atomic mass is 10.3. The van der Waals surface area contributed by atoms with E-state index in [4.69, 9.17) is 5.11 Å². The second-order valence-electron chi connectivity index (χ2n) is 4.08. The number of fused-ring (bicyclic) bond motifs is 1. The van der Waals surface area contributed by atoms with Crippen LogP contribution in [0.25, 0.3) is 11.2 Å². The van der Waals surface area contributed by atoms with Crippen molar-refractivity contribution in [2.45, 2.75) is 18.6 Å². The maximum Gasteiger partial charge on any atom is 0.313 e. The quantitative estimate of drug-likeness (QED) is 0.825. The highest BCUT2D eigenvalue weighted by atomic mass is 32.2. The van der Waals surface area contributed by atoms with Crippen LogP contribution < -0.4 is 0 Å². The Morgan fingerprint density at radius 3 is 3.00 bits per heavy atom.